The Morgan fingerprint density at radius 2 is 2.04 bits per heavy atom. The van der Waals surface area contributed by atoms with Crippen molar-refractivity contribution in [2.24, 2.45) is 16.7 Å². The Balaban J connectivity index is 2.26. The van der Waals surface area contributed by atoms with Gasteiger partial charge >= 0.3 is 0 Å². The lowest BCUT2D eigenvalue weighted by Crippen LogP contribution is -2.32. The first-order valence-corrected chi connectivity index (χ1v) is 8.34. The molecule has 0 aliphatic rings. The number of nitrogens with zero attached hydrogens (tertiary/aromatic N) is 2. The van der Waals surface area contributed by atoms with Crippen molar-refractivity contribution in [1.82, 2.24) is 5.12 Å². The number of para-hydroxylation sites is 1. The molecule has 0 spiro atoms. The normalized spacial score (nSPS) is 11.3. The number of hydrogen-bond acceptors (Lipinski definition) is 6. The second-order valence-corrected chi connectivity index (χ2v) is 5.65. The second-order valence-electron chi connectivity index (χ2n) is 4.77. The SMILES string of the molecule is CSc1cccc(Nc2ccccc2/C(N)=N/N(N)CCO)c1. The molecule has 2 rings (SSSR count). The molecular formula is C16H21N5OS. The van der Waals surface area contributed by atoms with Crippen LogP contribution in [0.4, 0.5) is 11.4 Å². The molecule has 0 heterocycles. The number of aliphatic hydroxyl groups excluding tert-OH is 1. The maximum Gasteiger partial charge on any atom is 0.154 e. The Morgan fingerprint density at radius 3 is 2.78 bits per heavy atom. The standard InChI is InChI=1S/C16H21N5OS/c1-23-13-6-4-5-12(11-13)19-15-8-3-2-7-14(15)16(17)20-21(18)9-10-22/h2-8,11,19,22H,9-10,18H2,1H3,(H2,17,20). The number of hydrazine groups is 1. The highest BCUT2D eigenvalue weighted by molar-refractivity contribution is 7.98. The number of anilines is 2. The summed E-state index contributed by atoms with van der Waals surface area (Å²) >= 11 is 1.68. The van der Waals surface area contributed by atoms with Crippen LogP contribution in [0.25, 0.3) is 0 Å². The number of hydrogen-bond donors (Lipinski definition) is 4. The fourth-order valence-electron chi connectivity index (χ4n) is 2.02. The summed E-state index contributed by atoms with van der Waals surface area (Å²) in [4.78, 5) is 1.17. The molecule has 2 aromatic rings. The maximum absolute atomic E-state index is 8.87. The van der Waals surface area contributed by atoms with Crippen LogP contribution in [-0.2, 0) is 0 Å². The van der Waals surface area contributed by atoms with Gasteiger partial charge in [-0.05, 0) is 36.6 Å². The molecule has 122 valence electrons. The van der Waals surface area contributed by atoms with Crippen LogP contribution in [-0.4, -0.2) is 35.5 Å². The van der Waals surface area contributed by atoms with Gasteiger partial charge in [-0.2, -0.15) is 0 Å². The van der Waals surface area contributed by atoms with Crippen LogP contribution in [0.15, 0.2) is 58.5 Å². The summed E-state index contributed by atoms with van der Waals surface area (Å²) in [5.74, 6) is 5.93. The largest absolute Gasteiger partial charge is 0.394 e. The van der Waals surface area contributed by atoms with Crippen LogP contribution >= 0.6 is 11.8 Å². The van der Waals surface area contributed by atoms with Crippen molar-refractivity contribution < 1.29 is 5.11 Å². The molecule has 0 saturated heterocycles. The van der Waals surface area contributed by atoms with Gasteiger partial charge in [0, 0.05) is 21.8 Å². The van der Waals surface area contributed by atoms with E-state index in [4.69, 9.17) is 16.7 Å². The predicted molar refractivity (Wildman–Crippen MR) is 96.7 cm³/mol. The number of thioether (sulfide) groups is 1. The third-order valence-corrected chi connectivity index (χ3v) is 3.84. The first-order chi connectivity index (χ1) is 11.1. The van der Waals surface area contributed by atoms with E-state index >= 15 is 0 Å². The van der Waals surface area contributed by atoms with Crippen LogP contribution in [0, 0.1) is 0 Å². The third-order valence-electron chi connectivity index (χ3n) is 3.12. The van der Waals surface area contributed by atoms with Gasteiger partial charge in [-0.15, -0.1) is 16.9 Å². The molecule has 23 heavy (non-hydrogen) atoms. The van der Waals surface area contributed by atoms with E-state index < -0.39 is 0 Å². The number of benzene rings is 2. The Labute approximate surface area is 140 Å². The number of nitrogens with one attached hydrogen (secondary N) is 1. The van der Waals surface area contributed by atoms with Gasteiger partial charge in [0.2, 0.25) is 0 Å². The van der Waals surface area contributed by atoms with Crippen molar-refractivity contribution in [3.8, 4) is 0 Å². The van der Waals surface area contributed by atoms with Gasteiger partial charge in [0.1, 0.15) is 0 Å². The minimum atomic E-state index is -0.0886. The van der Waals surface area contributed by atoms with Gasteiger partial charge in [-0.1, -0.05) is 18.2 Å². The lowest BCUT2D eigenvalue weighted by molar-refractivity contribution is 0.204. The topological polar surface area (TPSA) is 99.9 Å². The predicted octanol–water partition coefficient (Wildman–Crippen LogP) is 1.94. The number of rotatable bonds is 7. The summed E-state index contributed by atoms with van der Waals surface area (Å²) in [6, 6.07) is 15.7. The molecular weight excluding hydrogens is 310 g/mol. The van der Waals surface area contributed by atoms with Gasteiger partial charge in [0.05, 0.1) is 13.2 Å². The summed E-state index contributed by atoms with van der Waals surface area (Å²) in [6.45, 7) is 0.126. The van der Waals surface area contributed by atoms with Gasteiger partial charge < -0.3 is 16.2 Å². The molecule has 0 saturated carbocycles. The minimum Gasteiger partial charge on any atom is -0.394 e. The van der Waals surface area contributed by atoms with E-state index in [9.17, 15) is 0 Å². The third kappa shape index (κ3) is 4.88. The minimum absolute atomic E-state index is 0.0886. The molecule has 0 aliphatic carbocycles. The van der Waals surface area contributed by atoms with Crippen molar-refractivity contribution in [3.63, 3.8) is 0 Å². The Morgan fingerprint density at radius 1 is 1.26 bits per heavy atom. The van der Waals surface area contributed by atoms with Crippen LogP contribution < -0.4 is 16.9 Å². The molecule has 7 heteroatoms. The monoisotopic (exact) mass is 331 g/mol. The van der Waals surface area contributed by atoms with Gasteiger partial charge in [-0.3, -0.25) is 0 Å². The van der Waals surface area contributed by atoms with Crippen LogP contribution in [0.2, 0.25) is 0 Å². The second kappa shape index (κ2) is 8.42. The highest BCUT2D eigenvalue weighted by Gasteiger charge is 2.08. The molecule has 0 atom stereocenters. The number of aliphatic hydroxyl groups is 1. The average Bonchev–Trinajstić information content (AvgIpc) is 2.55. The summed E-state index contributed by atoms with van der Waals surface area (Å²) in [6.07, 6.45) is 2.04. The Kier molecular flexibility index (Phi) is 6.28. The molecule has 6 N–H and O–H groups in total. The van der Waals surface area contributed by atoms with Crippen molar-refractivity contribution in [2.45, 2.75) is 4.90 Å². The molecule has 0 radical (unpaired) electrons. The average molecular weight is 331 g/mol. The van der Waals surface area contributed by atoms with E-state index in [1.165, 1.54) is 4.90 Å². The number of amidine groups is 1. The van der Waals surface area contributed by atoms with E-state index in [0.717, 1.165) is 22.1 Å². The zero-order chi connectivity index (χ0) is 16.7. The van der Waals surface area contributed by atoms with Crippen molar-refractivity contribution >= 4 is 29.0 Å². The first kappa shape index (κ1) is 17.1. The lowest BCUT2D eigenvalue weighted by Gasteiger charge is -2.15. The van der Waals surface area contributed by atoms with E-state index in [2.05, 4.69) is 22.6 Å². The van der Waals surface area contributed by atoms with Crippen molar-refractivity contribution in [1.29, 1.82) is 0 Å². The molecule has 0 bridgehead atoms. The molecule has 0 aliphatic heterocycles. The molecule has 2 aromatic carbocycles. The Hall–Kier alpha value is -2.22. The molecule has 6 nitrogen and oxygen atoms in total. The molecule has 0 amide bonds. The molecule has 0 unspecified atom stereocenters. The highest BCUT2D eigenvalue weighted by Crippen LogP contribution is 2.24. The Bertz CT molecular complexity index is 677. The molecule has 0 aromatic heterocycles. The first-order valence-electron chi connectivity index (χ1n) is 7.11. The van der Waals surface area contributed by atoms with Gasteiger partial charge in [-0.25, -0.2) is 11.0 Å². The van der Waals surface area contributed by atoms with Gasteiger partial charge in [0.15, 0.2) is 5.84 Å². The van der Waals surface area contributed by atoms with Crippen LogP contribution in [0.5, 0.6) is 0 Å². The van der Waals surface area contributed by atoms with E-state index in [1.807, 2.05) is 42.7 Å². The lowest BCUT2D eigenvalue weighted by atomic mass is 10.1. The van der Waals surface area contributed by atoms with Crippen LogP contribution in [0.3, 0.4) is 0 Å². The van der Waals surface area contributed by atoms with Gasteiger partial charge in [0.25, 0.3) is 0 Å². The van der Waals surface area contributed by atoms with Crippen molar-refractivity contribution in [2.75, 3.05) is 24.7 Å². The summed E-state index contributed by atoms with van der Waals surface area (Å²) in [5, 5.41) is 17.4. The zero-order valence-corrected chi connectivity index (χ0v) is 13.8. The van der Waals surface area contributed by atoms with Crippen LogP contribution in [0.1, 0.15) is 5.56 Å². The smallest absolute Gasteiger partial charge is 0.154 e. The highest BCUT2D eigenvalue weighted by atomic mass is 32.2. The fraction of sp³-hybridized carbons (Fsp3) is 0.188. The quantitative estimate of drug-likeness (QED) is 0.203. The van der Waals surface area contributed by atoms with E-state index in [0.29, 0.717) is 0 Å². The summed E-state index contributed by atoms with van der Waals surface area (Å²) in [7, 11) is 0. The maximum atomic E-state index is 8.87. The summed E-state index contributed by atoms with van der Waals surface area (Å²) < 4.78 is 0. The number of hydrazone groups is 1. The van der Waals surface area contributed by atoms with Crippen molar-refractivity contribution in [3.05, 3.63) is 54.1 Å². The summed E-state index contributed by atoms with van der Waals surface area (Å²) in [5.41, 5.74) is 8.59. The van der Waals surface area contributed by atoms with E-state index in [1.54, 1.807) is 11.8 Å². The molecule has 0 fully saturated rings. The van der Waals surface area contributed by atoms with E-state index in [-0.39, 0.29) is 19.0 Å². The fourth-order valence-corrected chi connectivity index (χ4v) is 2.48. The zero-order valence-electron chi connectivity index (χ0n) is 12.9. The number of nitrogens with two attached hydrogens (primary N) is 2.